The number of hydrogen-bond donors (Lipinski definition) is 2. The average molecular weight is 422 g/mol. The summed E-state index contributed by atoms with van der Waals surface area (Å²) in [4.78, 5) is 26.3. The van der Waals surface area contributed by atoms with E-state index < -0.39 is 0 Å². The number of halogens is 2. The van der Waals surface area contributed by atoms with Crippen LogP contribution in [0.3, 0.4) is 0 Å². The molecule has 2 aromatic carbocycles. The van der Waals surface area contributed by atoms with Crippen LogP contribution in [0.25, 0.3) is 0 Å². The lowest BCUT2D eigenvalue weighted by Gasteiger charge is -2.19. The van der Waals surface area contributed by atoms with Gasteiger partial charge in [0.1, 0.15) is 0 Å². The molecular weight excluding hydrogens is 397 g/mol. The van der Waals surface area contributed by atoms with E-state index in [-0.39, 0.29) is 24.9 Å². The lowest BCUT2D eigenvalue weighted by atomic mass is 10.1. The summed E-state index contributed by atoms with van der Waals surface area (Å²) in [6.45, 7) is 5.24. The number of aryl methyl sites for hydroxylation is 1. The Bertz CT molecular complexity index is 810. The van der Waals surface area contributed by atoms with Crippen LogP contribution in [-0.2, 0) is 16.0 Å². The SMILES string of the molecule is CCN(CC(=O)NCCc1ccc(Cl)cc1)CC(=O)Nc1cc(Cl)ccc1C. The molecular formula is C21H25Cl2N3O2. The highest BCUT2D eigenvalue weighted by Crippen LogP contribution is 2.20. The zero-order chi connectivity index (χ0) is 20.5. The molecule has 2 rings (SSSR count). The van der Waals surface area contributed by atoms with Crippen LogP contribution in [0.4, 0.5) is 5.69 Å². The summed E-state index contributed by atoms with van der Waals surface area (Å²) in [6.07, 6.45) is 0.726. The first-order valence-electron chi connectivity index (χ1n) is 9.17. The normalized spacial score (nSPS) is 10.8. The third-order valence-electron chi connectivity index (χ3n) is 4.30. The third-order valence-corrected chi connectivity index (χ3v) is 4.79. The van der Waals surface area contributed by atoms with Gasteiger partial charge in [0.15, 0.2) is 0 Å². The molecule has 5 nitrogen and oxygen atoms in total. The predicted molar refractivity (Wildman–Crippen MR) is 115 cm³/mol. The van der Waals surface area contributed by atoms with Gasteiger partial charge in [-0.25, -0.2) is 0 Å². The molecule has 2 amide bonds. The molecule has 0 aliphatic rings. The highest BCUT2D eigenvalue weighted by molar-refractivity contribution is 6.31. The number of anilines is 1. The van der Waals surface area contributed by atoms with Gasteiger partial charge in [-0.3, -0.25) is 14.5 Å². The van der Waals surface area contributed by atoms with Crippen molar-refractivity contribution in [3.63, 3.8) is 0 Å². The quantitative estimate of drug-likeness (QED) is 0.644. The molecule has 0 radical (unpaired) electrons. The van der Waals surface area contributed by atoms with E-state index in [0.29, 0.717) is 28.8 Å². The van der Waals surface area contributed by atoms with Crippen molar-refractivity contribution in [2.75, 3.05) is 31.5 Å². The van der Waals surface area contributed by atoms with E-state index in [1.54, 1.807) is 17.0 Å². The van der Waals surface area contributed by atoms with Crippen LogP contribution < -0.4 is 10.6 Å². The summed E-state index contributed by atoms with van der Waals surface area (Å²) < 4.78 is 0. The number of nitrogens with one attached hydrogen (secondary N) is 2. The molecule has 0 aliphatic carbocycles. The third kappa shape index (κ3) is 7.50. The fraction of sp³-hybridized carbons (Fsp3) is 0.333. The Labute approximate surface area is 176 Å². The van der Waals surface area contributed by atoms with Crippen LogP contribution in [-0.4, -0.2) is 42.9 Å². The predicted octanol–water partition coefficient (Wildman–Crippen LogP) is 3.92. The van der Waals surface area contributed by atoms with E-state index in [1.165, 1.54) is 0 Å². The van der Waals surface area contributed by atoms with E-state index in [1.807, 2.05) is 44.2 Å². The minimum absolute atomic E-state index is 0.109. The topological polar surface area (TPSA) is 61.4 Å². The van der Waals surface area contributed by atoms with Crippen LogP contribution in [0.2, 0.25) is 10.0 Å². The molecule has 0 aromatic heterocycles. The van der Waals surface area contributed by atoms with Crippen molar-refractivity contribution in [2.45, 2.75) is 20.3 Å². The maximum atomic E-state index is 12.3. The molecule has 0 saturated carbocycles. The van der Waals surface area contributed by atoms with Crippen molar-refractivity contribution < 1.29 is 9.59 Å². The fourth-order valence-electron chi connectivity index (χ4n) is 2.66. The summed E-state index contributed by atoms with van der Waals surface area (Å²) in [5, 5.41) is 6.99. The zero-order valence-corrected chi connectivity index (χ0v) is 17.6. The summed E-state index contributed by atoms with van der Waals surface area (Å²) in [5.74, 6) is -0.288. The standard InChI is InChI=1S/C21H25Cl2N3O2/c1-3-26(14-21(28)25-19-12-18(23)7-4-15(19)2)13-20(27)24-11-10-16-5-8-17(22)9-6-16/h4-9,12H,3,10-11,13-14H2,1-2H3,(H,24,27)(H,25,28). The smallest absolute Gasteiger partial charge is 0.238 e. The molecule has 0 fully saturated rings. The van der Waals surface area contributed by atoms with Crippen LogP contribution >= 0.6 is 23.2 Å². The Morgan fingerprint density at radius 1 is 0.964 bits per heavy atom. The first-order valence-corrected chi connectivity index (χ1v) is 9.92. The monoisotopic (exact) mass is 421 g/mol. The highest BCUT2D eigenvalue weighted by atomic mass is 35.5. The second-order valence-electron chi connectivity index (χ2n) is 6.54. The molecule has 0 saturated heterocycles. The van der Waals surface area contributed by atoms with Gasteiger partial charge in [0.25, 0.3) is 0 Å². The second-order valence-corrected chi connectivity index (χ2v) is 7.41. The number of carbonyl (C=O) groups is 2. The Kier molecular flexibility index (Phi) is 8.77. The van der Waals surface area contributed by atoms with Gasteiger partial charge >= 0.3 is 0 Å². The molecule has 0 spiro atoms. The number of nitrogens with zero attached hydrogens (tertiary/aromatic N) is 1. The Morgan fingerprint density at radius 2 is 1.61 bits per heavy atom. The zero-order valence-electron chi connectivity index (χ0n) is 16.1. The van der Waals surface area contributed by atoms with Gasteiger partial charge in [0.2, 0.25) is 11.8 Å². The van der Waals surface area contributed by atoms with Crippen LogP contribution in [0.1, 0.15) is 18.1 Å². The van der Waals surface area contributed by atoms with Gasteiger partial charge in [0, 0.05) is 22.3 Å². The fourth-order valence-corrected chi connectivity index (χ4v) is 2.96. The summed E-state index contributed by atoms with van der Waals surface area (Å²) >= 11 is 11.8. The van der Waals surface area contributed by atoms with Crippen molar-refractivity contribution in [3.8, 4) is 0 Å². The number of hydrogen-bond acceptors (Lipinski definition) is 3. The van der Waals surface area contributed by atoms with Gasteiger partial charge in [-0.05, 0) is 55.3 Å². The minimum Gasteiger partial charge on any atom is -0.355 e. The van der Waals surface area contributed by atoms with Gasteiger partial charge in [-0.2, -0.15) is 0 Å². The lowest BCUT2D eigenvalue weighted by Crippen LogP contribution is -2.41. The van der Waals surface area contributed by atoms with Gasteiger partial charge in [0.05, 0.1) is 13.1 Å². The van der Waals surface area contributed by atoms with Crippen molar-refractivity contribution in [3.05, 3.63) is 63.6 Å². The Balaban J connectivity index is 1.77. The first kappa shape index (κ1) is 22.2. The molecule has 150 valence electrons. The molecule has 0 atom stereocenters. The lowest BCUT2D eigenvalue weighted by molar-refractivity contribution is -0.123. The second kappa shape index (κ2) is 11.1. The van der Waals surface area contributed by atoms with Crippen LogP contribution in [0.5, 0.6) is 0 Å². The van der Waals surface area contributed by atoms with Crippen molar-refractivity contribution in [2.24, 2.45) is 0 Å². The summed E-state index contributed by atoms with van der Waals surface area (Å²) in [6, 6.07) is 12.9. The Morgan fingerprint density at radius 3 is 2.29 bits per heavy atom. The highest BCUT2D eigenvalue weighted by Gasteiger charge is 2.14. The Hall–Kier alpha value is -2.08. The van der Waals surface area contributed by atoms with Crippen LogP contribution in [0, 0.1) is 6.92 Å². The molecule has 28 heavy (non-hydrogen) atoms. The summed E-state index contributed by atoms with van der Waals surface area (Å²) in [5.41, 5.74) is 2.72. The van der Waals surface area contributed by atoms with E-state index in [0.717, 1.165) is 17.5 Å². The maximum Gasteiger partial charge on any atom is 0.238 e. The maximum absolute atomic E-state index is 12.3. The van der Waals surface area contributed by atoms with Gasteiger partial charge < -0.3 is 10.6 Å². The molecule has 0 unspecified atom stereocenters. The largest absolute Gasteiger partial charge is 0.355 e. The molecule has 0 bridgehead atoms. The number of amides is 2. The van der Waals surface area contributed by atoms with Crippen molar-refractivity contribution in [1.29, 1.82) is 0 Å². The van der Waals surface area contributed by atoms with E-state index >= 15 is 0 Å². The van der Waals surface area contributed by atoms with Gasteiger partial charge in [-0.15, -0.1) is 0 Å². The van der Waals surface area contributed by atoms with Crippen molar-refractivity contribution >= 4 is 40.7 Å². The van der Waals surface area contributed by atoms with E-state index in [9.17, 15) is 9.59 Å². The van der Waals surface area contributed by atoms with Crippen LogP contribution in [0.15, 0.2) is 42.5 Å². The average Bonchev–Trinajstić information content (AvgIpc) is 2.65. The van der Waals surface area contributed by atoms with Gasteiger partial charge in [-0.1, -0.05) is 48.3 Å². The molecule has 0 heterocycles. The number of carbonyl (C=O) groups excluding carboxylic acids is 2. The first-order chi connectivity index (χ1) is 13.4. The minimum atomic E-state index is -0.179. The van der Waals surface area contributed by atoms with E-state index in [4.69, 9.17) is 23.2 Å². The molecule has 7 heteroatoms. The molecule has 0 aliphatic heterocycles. The number of benzene rings is 2. The summed E-state index contributed by atoms with van der Waals surface area (Å²) in [7, 11) is 0. The molecule has 2 aromatic rings. The van der Waals surface area contributed by atoms with E-state index in [2.05, 4.69) is 10.6 Å². The number of likely N-dealkylation sites (N-methyl/N-ethyl adjacent to an activating group) is 1. The number of rotatable bonds is 9. The molecule has 2 N–H and O–H groups in total. The van der Waals surface area contributed by atoms with Crippen molar-refractivity contribution in [1.82, 2.24) is 10.2 Å².